The smallest absolute Gasteiger partial charge is 0.247 e. The van der Waals surface area contributed by atoms with E-state index in [1.807, 2.05) is 38.1 Å². The number of hydrogen-bond acceptors (Lipinski definition) is 2. The van der Waals surface area contributed by atoms with Crippen LogP contribution in [0.5, 0.6) is 0 Å². The summed E-state index contributed by atoms with van der Waals surface area (Å²) in [6.45, 7) is 3.97. The zero-order chi connectivity index (χ0) is 13.3. The van der Waals surface area contributed by atoms with E-state index in [1.54, 1.807) is 4.90 Å². The van der Waals surface area contributed by atoms with Gasteiger partial charge >= 0.3 is 0 Å². The van der Waals surface area contributed by atoms with Gasteiger partial charge in [0.2, 0.25) is 11.8 Å². The lowest BCUT2D eigenvalue weighted by molar-refractivity contribution is -0.131. The summed E-state index contributed by atoms with van der Waals surface area (Å²) in [6.07, 6.45) is 0. The van der Waals surface area contributed by atoms with Crippen molar-refractivity contribution in [1.82, 2.24) is 5.32 Å². The van der Waals surface area contributed by atoms with Gasteiger partial charge in [0, 0.05) is 9.26 Å². The fraction of sp³-hybridized carbons (Fsp3) is 0.385. The highest BCUT2D eigenvalue weighted by atomic mass is 127. The number of carbonyl (C=O) groups excluding carboxylic acids is 2. The number of amides is 2. The molecule has 0 spiro atoms. The minimum atomic E-state index is -0.425. The fourth-order valence-corrected chi connectivity index (χ4v) is 2.49. The van der Waals surface area contributed by atoms with Gasteiger partial charge < -0.3 is 5.32 Å². The number of nitrogens with one attached hydrogen (secondary N) is 1. The normalized spacial score (nSPS) is 20.2. The molecule has 1 unspecified atom stereocenters. The number of piperazine rings is 1. The van der Waals surface area contributed by atoms with Gasteiger partial charge in [-0.15, -0.1) is 0 Å². The van der Waals surface area contributed by atoms with Crippen molar-refractivity contribution in [1.29, 1.82) is 0 Å². The predicted molar refractivity (Wildman–Crippen MR) is 78.3 cm³/mol. The van der Waals surface area contributed by atoms with E-state index < -0.39 is 6.04 Å². The maximum Gasteiger partial charge on any atom is 0.247 e. The van der Waals surface area contributed by atoms with E-state index in [0.717, 1.165) is 9.26 Å². The molecular formula is C13H15IN2O2. The lowest BCUT2D eigenvalue weighted by Gasteiger charge is -2.37. The molecular weight excluding hydrogens is 343 g/mol. The van der Waals surface area contributed by atoms with Crippen molar-refractivity contribution in [3.8, 4) is 0 Å². The summed E-state index contributed by atoms with van der Waals surface area (Å²) in [5.41, 5.74) is 0.786. The zero-order valence-corrected chi connectivity index (χ0v) is 12.5. The van der Waals surface area contributed by atoms with Gasteiger partial charge in [-0.05, 0) is 52.8 Å². The zero-order valence-electron chi connectivity index (χ0n) is 10.3. The molecule has 1 aromatic carbocycles. The topological polar surface area (TPSA) is 49.4 Å². The summed E-state index contributed by atoms with van der Waals surface area (Å²) in [4.78, 5) is 25.6. The highest BCUT2D eigenvalue weighted by Gasteiger charge is 2.37. The first kappa shape index (κ1) is 13.3. The number of benzene rings is 1. The Morgan fingerprint density at radius 2 is 1.89 bits per heavy atom. The van der Waals surface area contributed by atoms with E-state index in [0.29, 0.717) is 0 Å². The minimum Gasteiger partial charge on any atom is -0.345 e. The molecule has 0 aromatic heterocycles. The molecule has 0 aliphatic carbocycles. The third-order valence-corrected chi connectivity index (χ3v) is 3.68. The Morgan fingerprint density at radius 1 is 1.28 bits per heavy atom. The average molecular weight is 358 g/mol. The quantitative estimate of drug-likeness (QED) is 0.820. The van der Waals surface area contributed by atoms with Gasteiger partial charge in [-0.1, -0.05) is 13.8 Å². The Hall–Kier alpha value is -1.11. The fourth-order valence-electron chi connectivity index (χ4n) is 2.13. The van der Waals surface area contributed by atoms with Crippen LogP contribution < -0.4 is 10.2 Å². The molecule has 5 heteroatoms. The molecule has 1 fully saturated rings. The van der Waals surface area contributed by atoms with Crippen molar-refractivity contribution in [2.24, 2.45) is 5.92 Å². The molecule has 96 valence electrons. The molecule has 1 aliphatic heterocycles. The monoisotopic (exact) mass is 358 g/mol. The molecule has 2 amide bonds. The van der Waals surface area contributed by atoms with Crippen molar-refractivity contribution in [3.63, 3.8) is 0 Å². The first-order valence-electron chi connectivity index (χ1n) is 5.86. The Bertz CT molecular complexity index is 470. The second kappa shape index (κ2) is 5.26. The Morgan fingerprint density at radius 3 is 2.44 bits per heavy atom. The van der Waals surface area contributed by atoms with Crippen molar-refractivity contribution in [3.05, 3.63) is 27.8 Å². The van der Waals surface area contributed by atoms with Crippen molar-refractivity contribution < 1.29 is 9.59 Å². The molecule has 4 nitrogen and oxygen atoms in total. The highest BCUT2D eigenvalue weighted by Crippen LogP contribution is 2.24. The van der Waals surface area contributed by atoms with Crippen LogP contribution in [0.25, 0.3) is 0 Å². The van der Waals surface area contributed by atoms with Crippen LogP contribution in [0.15, 0.2) is 24.3 Å². The molecule has 0 bridgehead atoms. The highest BCUT2D eigenvalue weighted by molar-refractivity contribution is 14.1. The van der Waals surface area contributed by atoms with Crippen molar-refractivity contribution in [2.75, 3.05) is 11.4 Å². The summed E-state index contributed by atoms with van der Waals surface area (Å²) < 4.78 is 1.10. The van der Waals surface area contributed by atoms with E-state index in [1.165, 1.54) is 0 Å². The van der Waals surface area contributed by atoms with Crippen LogP contribution in [0.3, 0.4) is 0 Å². The number of carbonyl (C=O) groups is 2. The van der Waals surface area contributed by atoms with Crippen molar-refractivity contribution >= 4 is 40.1 Å². The third kappa shape index (κ3) is 2.50. The average Bonchev–Trinajstić information content (AvgIpc) is 2.32. The first-order chi connectivity index (χ1) is 8.50. The summed E-state index contributed by atoms with van der Waals surface area (Å²) >= 11 is 2.21. The number of hydrogen-bond donors (Lipinski definition) is 1. The van der Waals surface area contributed by atoms with Gasteiger partial charge in [0.1, 0.15) is 6.04 Å². The van der Waals surface area contributed by atoms with Crippen LogP contribution in [-0.2, 0) is 9.59 Å². The Kier molecular flexibility index (Phi) is 3.89. The van der Waals surface area contributed by atoms with Crippen LogP contribution in [-0.4, -0.2) is 24.4 Å². The molecule has 1 saturated heterocycles. The van der Waals surface area contributed by atoms with Gasteiger partial charge in [0.15, 0.2) is 0 Å². The second-order valence-electron chi connectivity index (χ2n) is 4.65. The largest absolute Gasteiger partial charge is 0.345 e. The summed E-state index contributed by atoms with van der Waals surface area (Å²) in [7, 11) is 0. The SMILES string of the molecule is CC(C)C1C(=O)NCC(=O)N1c1ccc(I)cc1. The molecule has 1 aromatic rings. The van der Waals surface area contributed by atoms with E-state index >= 15 is 0 Å². The van der Waals surface area contributed by atoms with E-state index in [-0.39, 0.29) is 24.3 Å². The molecule has 2 rings (SSSR count). The van der Waals surface area contributed by atoms with Crippen LogP contribution in [0.2, 0.25) is 0 Å². The standard InChI is InChI=1S/C13H15IN2O2/c1-8(2)12-13(18)15-7-11(17)16(12)10-5-3-9(14)4-6-10/h3-6,8,12H,7H2,1-2H3,(H,15,18). The molecule has 18 heavy (non-hydrogen) atoms. The number of nitrogens with zero attached hydrogens (tertiary/aromatic N) is 1. The first-order valence-corrected chi connectivity index (χ1v) is 6.94. The molecule has 1 aliphatic rings. The molecule has 1 heterocycles. The minimum absolute atomic E-state index is 0.0606. The number of rotatable bonds is 2. The van der Waals surface area contributed by atoms with Crippen LogP contribution >= 0.6 is 22.6 Å². The molecule has 0 saturated carbocycles. The van der Waals surface area contributed by atoms with Crippen LogP contribution in [0.4, 0.5) is 5.69 Å². The Balaban J connectivity index is 2.39. The molecule has 1 N–H and O–H groups in total. The number of anilines is 1. The molecule has 1 atom stereocenters. The van der Waals surface area contributed by atoms with E-state index in [9.17, 15) is 9.59 Å². The van der Waals surface area contributed by atoms with Crippen LogP contribution in [0.1, 0.15) is 13.8 Å². The van der Waals surface area contributed by atoms with Gasteiger partial charge in [-0.3, -0.25) is 14.5 Å². The van der Waals surface area contributed by atoms with Crippen molar-refractivity contribution in [2.45, 2.75) is 19.9 Å². The third-order valence-electron chi connectivity index (χ3n) is 2.97. The van der Waals surface area contributed by atoms with Gasteiger partial charge in [0.25, 0.3) is 0 Å². The lowest BCUT2D eigenvalue weighted by Crippen LogP contribution is -2.60. The number of halogens is 1. The van der Waals surface area contributed by atoms with E-state index in [2.05, 4.69) is 27.9 Å². The van der Waals surface area contributed by atoms with E-state index in [4.69, 9.17) is 0 Å². The van der Waals surface area contributed by atoms with Crippen LogP contribution in [0, 0.1) is 9.49 Å². The Labute approximate surface area is 120 Å². The second-order valence-corrected chi connectivity index (χ2v) is 5.89. The summed E-state index contributed by atoms with van der Waals surface area (Å²) in [6, 6.07) is 7.22. The van der Waals surface area contributed by atoms with Gasteiger partial charge in [-0.2, -0.15) is 0 Å². The maximum absolute atomic E-state index is 12.0. The summed E-state index contributed by atoms with van der Waals surface area (Å²) in [5, 5.41) is 2.64. The lowest BCUT2D eigenvalue weighted by atomic mass is 9.98. The predicted octanol–water partition coefficient (Wildman–Crippen LogP) is 1.78. The summed E-state index contributed by atoms with van der Waals surface area (Å²) in [5.74, 6) is -0.0637. The maximum atomic E-state index is 12.0. The van der Waals surface area contributed by atoms with Gasteiger partial charge in [0.05, 0.1) is 6.54 Å². The molecule has 0 radical (unpaired) electrons. The van der Waals surface area contributed by atoms with Gasteiger partial charge in [-0.25, -0.2) is 0 Å².